The number of carbonyl (C=O) groups is 1. The molecule has 19 heavy (non-hydrogen) atoms. The van der Waals surface area contributed by atoms with Crippen LogP contribution in [0.15, 0.2) is 30.0 Å². The molecule has 1 aliphatic rings. The predicted octanol–water partition coefficient (Wildman–Crippen LogP) is 3.75. The van der Waals surface area contributed by atoms with Crippen molar-refractivity contribution >= 4 is 24.8 Å². The number of ketones is 1. The number of anilines is 1. The number of allylic oxidation sites excluding steroid dienone is 2. The lowest BCUT2D eigenvalue weighted by atomic mass is 9.94. The van der Waals surface area contributed by atoms with Gasteiger partial charge in [-0.25, -0.2) is 0 Å². The molecule has 0 atom stereocenters. The van der Waals surface area contributed by atoms with Crippen LogP contribution in [-0.4, -0.2) is 13.6 Å². The molecular weight excluding hydrogens is 233 g/mol. The molecular formula is C16H26BNO. The lowest BCUT2D eigenvalue weighted by Gasteiger charge is -2.10. The van der Waals surface area contributed by atoms with E-state index < -0.39 is 0 Å². The van der Waals surface area contributed by atoms with Crippen LogP contribution in [0.25, 0.3) is 0 Å². The van der Waals surface area contributed by atoms with Crippen molar-refractivity contribution < 1.29 is 6.22 Å². The largest absolute Gasteiger partial charge is 0.359 e. The molecule has 0 aliphatic heterocycles. The Bertz CT molecular complexity index is 444. The summed E-state index contributed by atoms with van der Waals surface area (Å²) < 4.78 is 0. The van der Waals surface area contributed by atoms with Crippen LogP contribution in [0, 0.1) is 6.92 Å². The molecule has 0 spiro atoms. The maximum absolute atomic E-state index is 11.1. The van der Waals surface area contributed by atoms with Gasteiger partial charge in [-0.1, -0.05) is 45.3 Å². The third-order valence-electron chi connectivity index (χ3n) is 2.53. The van der Waals surface area contributed by atoms with E-state index >= 15 is 0 Å². The van der Waals surface area contributed by atoms with E-state index in [1.807, 2.05) is 52.8 Å². The Kier molecular flexibility index (Phi) is 8.68. The van der Waals surface area contributed by atoms with Gasteiger partial charge in [-0.2, -0.15) is 0 Å². The Hall–Kier alpha value is -1.51. The number of carbonyl (C=O) groups excluding carboxylic acids is 1. The van der Waals surface area contributed by atoms with Crippen molar-refractivity contribution in [3.05, 3.63) is 35.5 Å². The number of nitrogens with one attached hydrogen (secondary N) is 1. The summed E-state index contributed by atoms with van der Waals surface area (Å²) in [5.74, 6) is 0.194. The fraction of sp³-hybridized carbons (Fsp3) is 0.438. The highest BCUT2D eigenvalue weighted by Crippen LogP contribution is 2.20. The molecule has 2 radical (unpaired) electrons. The molecule has 0 aromatic heterocycles. The summed E-state index contributed by atoms with van der Waals surface area (Å²) in [6, 6.07) is 5.72. The van der Waals surface area contributed by atoms with Crippen molar-refractivity contribution in [1.82, 2.24) is 0 Å². The maximum Gasteiger partial charge on any atom is 0.157 e. The minimum atomic E-state index is 0. The molecule has 0 bridgehead atoms. The number of hydrogen-bond acceptors (Lipinski definition) is 2. The standard InChI is InChI=1S/C12H12BNO.2C2H6.H2/c1-8-2-3-9(13)6-12(8)14-10-4-5-11(15)7-10;2*1-2;/h2-3,6-7,14H,4-5H2,1H3;2*1-2H3;1H. The van der Waals surface area contributed by atoms with E-state index in [0.717, 1.165) is 28.8 Å². The molecule has 0 amide bonds. The average molecular weight is 259 g/mol. The zero-order valence-corrected chi connectivity index (χ0v) is 12.7. The van der Waals surface area contributed by atoms with Crippen molar-refractivity contribution in [1.29, 1.82) is 0 Å². The van der Waals surface area contributed by atoms with E-state index in [-0.39, 0.29) is 7.21 Å². The second-order valence-corrected chi connectivity index (χ2v) is 3.84. The predicted molar refractivity (Wildman–Crippen MR) is 87.3 cm³/mol. The van der Waals surface area contributed by atoms with Gasteiger partial charge >= 0.3 is 0 Å². The third-order valence-corrected chi connectivity index (χ3v) is 2.53. The van der Waals surface area contributed by atoms with E-state index in [0.29, 0.717) is 6.42 Å². The minimum Gasteiger partial charge on any atom is -0.359 e. The summed E-state index contributed by atoms with van der Waals surface area (Å²) in [5, 5.41) is 3.24. The van der Waals surface area contributed by atoms with Crippen LogP contribution in [0.3, 0.4) is 0 Å². The number of aryl methyl sites for hydroxylation is 1. The molecule has 0 saturated carbocycles. The van der Waals surface area contributed by atoms with Gasteiger partial charge in [-0.3, -0.25) is 4.79 Å². The van der Waals surface area contributed by atoms with Crippen LogP contribution >= 0.6 is 0 Å². The molecule has 1 N–H and O–H groups in total. The summed E-state index contributed by atoms with van der Waals surface area (Å²) in [5.41, 5.74) is 3.82. The normalized spacial score (nSPS) is 12.7. The van der Waals surface area contributed by atoms with E-state index in [1.54, 1.807) is 6.08 Å². The van der Waals surface area contributed by atoms with E-state index in [4.69, 9.17) is 7.85 Å². The van der Waals surface area contributed by atoms with Crippen molar-refractivity contribution in [2.75, 3.05) is 5.32 Å². The van der Waals surface area contributed by atoms with Crippen LogP contribution in [0.2, 0.25) is 0 Å². The molecule has 0 saturated heterocycles. The van der Waals surface area contributed by atoms with E-state index in [2.05, 4.69) is 5.32 Å². The second-order valence-electron chi connectivity index (χ2n) is 3.84. The Morgan fingerprint density at radius 1 is 1.16 bits per heavy atom. The highest BCUT2D eigenvalue weighted by Gasteiger charge is 2.12. The van der Waals surface area contributed by atoms with Crippen molar-refractivity contribution in [3.63, 3.8) is 0 Å². The zero-order valence-electron chi connectivity index (χ0n) is 12.7. The number of rotatable bonds is 2. The molecule has 0 heterocycles. The fourth-order valence-electron chi connectivity index (χ4n) is 1.64. The van der Waals surface area contributed by atoms with E-state index in [9.17, 15) is 4.79 Å². The van der Waals surface area contributed by atoms with Gasteiger partial charge in [0, 0.05) is 25.3 Å². The third kappa shape index (κ3) is 5.78. The first kappa shape index (κ1) is 17.5. The monoisotopic (exact) mass is 259 g/mol. The second kappa shape index (κ2) is 9.43. The topological polar surface area (TPSA) is 29.1 Å². The lowest BCUT2D eigenvalue weighted by Crippen LogP contribution is -2.06. The van der Waals surface area contributed by atoms with Gasteiger partial charge in [-0.15, -0.1) is 0 Å². The number of benzene rings is 1. The summed E-state index contributed by atoms with van der Waals surface area (Å²) >= 11 is 0. The minimum absolute atomic E-state index is 0. The van der Waals surface area contributed by atoms with Crippen molar-refractivity contribution in [3.8, 4) is 0 Å². The van der Waals surface area contributed by atoms with Gasteiger partial charge < -0.3 is 5.32 Å². The molecule has 0 fully saturated rings. The highest BCUT2D eigenvalue weighted by atomic mass is 16.1. The van der Waals surface area contributed by atoms with Gasteiger partial charge in [0.1, 0.15) is 7.85 Å². The summed E-state index contributed by atoms with van der Waals surface area (Å²) in [6.45, 7) is 10.0. The Morgan fingerprint density at radius 3 is 2.32 bits per heavy atom. The molecule has 1 aromatic rings. The van der Waals surface area contributed by atoms with Gasteiger partial charge in [-0.05, 0) is 25.0 Å². The van der Waals surface area contributed by atoms with Gasteiger partial charge in [0.2, 0.25) is 0 Å². The Morgan fingerprint density at radius 2 is 1.79 bits per heavy atom. The highest BCUT2D eigenvalue weighted by molar-refractivity contribution is 6.32. The molecule has 1 aromatic carbocycles. The van der Waals surface area contributed by atoms with Crippen molar-refractivity contribution in [2.45, 2.75) is 47.5 Å². The molecule has 2 rings (SSSR count). The zero-order chi connectivity index (χ0) is 14.8. The first-order chi connectivity index (χ1) is 9.15. The van der Waals surface area contributed by atoms with Gasteiger partial charge in [0.05, 0.1) is 0 Å². The van der Waals surface area contributed by atoms with Crippen LogP contribution in [0.1, 0.15) is 47.5 Å². The summed E-state index contributed by atoms with van der Waals surface area (Å²) in [4.78, 5) is 11.1. The Labute approximate surface area is 120 Å². The lowest BCUT2D eigenvalue weighted by molar-refractivity contribution is -0.114. The quantitative estimate of drug-likeness (QED) is 0.819. The molecule has 0 unspecified atom stereocenters. The first-order valence-electron chi connectivity index (χ1n) is 7.02. The van der Waals surface area contributed by atoms with Crippen LogP contribution in [0.5, 0.6) is 0 Å². The average Bonchev–Trinajstić information content (AvgIpc) is 2.84. The van der Waals surface area contributed by atoms with Crippen LogP contribution < -0.4 is 10.8 Å². The molecule has 2 nitrogen and oxygen atoms in total. The first-order valence-corrected chi connectivity index (χ1v) is 7.02. The van der Waals surface area contributed by atoms with E-state index in [1.165, 1.54) is 0 Å². The van der Waals surface area contributed by atoms with Crippen LogP contribution in [0.4, 0.5) is 5.69 Å². The van der Waals surface area contributed by atoms with Crippen LogP contribution in [-0.2, 0) is 4.79 Å². The smallest absolute Gasteiger partial charge is 0.157 e. The fourth-order valence-corrected chi connectivity index (χ4v) is 1.64. The molecule has 1 aliphatic carbocycles. The van der Waals surface area contributed by atoms with Gasteiger partial charge in [0.25, 0.3) is 0 Å². The molecule has 104 valence electrons. The van der Waals surface area contributed by atoms with Gasteiger partial charge in [0.15, 0.2) is 5.78 Å². The summed E-state index contributed by atoms with van der Waals surface area (Å²) in [6.07, 6.45) is 3.08. The molecule has 3 heteroatoms. The van der Waals surface area contributed by atoms with Crippen molar-refractivity contribution in [2.24, 2.45) is 0 Å². The Balaban J connectivity index is 0. The summed E-state index contributed by atoms with van der Waals surface area (Å²) in [7, 11) is 5.70. The SMILES string of the molecule is CC.CC.[B]c1ccc(C)c(NC2=CC(=O)CC2)c1.[HH]. The number of hydrogen-bond donors (Lipinski definition) is 1. The maximum atomic E-state index is 11.1.